The highest BCUT2D eigenvalue weighted by atomic mass is 32.1. The standard InChI is InChI=1S/C13H20O2S/c1-2-3-4-5-6-9-15-11-12(14)13-8-7-10-16-13/h7-8,10H,2-6,9,11H2,1H3. The van der Waals surface area contributed by atoms with Gasteiger partial charge in [0.2, 0.25) is 0 Å². The van der Waals surface area contributed by atoms with Gasteiger partial charge in [-0.3, -0.25) is 4.79 Å². The second-order valence-electron chi connectivity index (χ2n) is 3.87. The van der Waals surface area contributed by atoms with E-state index in [4.69, 9.17) is 4.74 Å². The second-order valence-corrected chi connectivity index (χ2v) is 4.81. The van der Waals surface area contributed by atoms with Crippen molar-refractivity contribution in [1.29, 1.82) is 0 Å². The van der Waals surface area contributed by atoms with Gasteiger partial charge in [-0.25, -0.2) is 0 Å². The summed E-state index contributed by atoms with van der Waals surface area (Å²) in [7, 11) is 0. The fourth-order valence-electron chi connectivity index (χ4n) is 1.48. The molecule has 90 valence electrons. The number of ketones is 1. The fraction of sp³-hybridized carbons (Fsp3) is 0.615. The number of unbranched alkanes of at least 4 members (excludes halogenated alkanes) is 4. The first-order chi connectivity index (χ1) is 7.84. The maximum absolute atomic E-state index is 11.5. The molecule has 1 heterocycles. The molecule has 2 nitrogen and oxygen atoms in total. The number of carbonyl (C=O) groups excluding carboxylic acids is 1. The molecule has 1 aromatic heterocycles. The average molecular weight is 240 g/mol. The van der Waals surface area contributed by atoms with Crippen LogP contribution in [0.5, 0.6) is 0 Å². The van der Waals surface area contributed by atoms with Crippen molar-refractivity contribution in [3.05, 3.63) is 22.4 Å². The van der Waals surface area contributed by atoms with Gasteiger partial charge in [-0.2, -0.15) is 0 Å². The average Bonchev–Trinajstić information content (AvgIpc) is 2.81. The van der Waals surface area contributed by atoms with Crippen LogP contribution in [0.2, 0.25) is 0 Å². The summed E-state index contributed by atoms with van der Waals surface area (Å²) < 4.78 is 5.36. The van der Waals surface area contributed by atoms with Gasteiger partial charge in [0.15, 0.2) is 5.78 Å². The van der Waals surface area contributed by atoms with E-state index in [2.05, 4.69) is 6.92 Å². The predicted octanol–water partition coefficient (Wildman–Crippen LogP) is 3.92. The third-order valence-corrected chi connectivity index (χ3v) is 3.33. The number of carbonyl (C=O) groups is 1. The van der Waals surface area contributed by atoms with Gasteiger partial charge in [-0.05, 0) is 17.9 Å². The Bertz CT molecular complexity index is 280. The van der Waals surface area contributed by atoms with Gasteiger partial charge in [-0.15, -0.1) is 11.3 Å². The molecule has 0 saturated heterocycles. The molecule has 0 fully saturated rings. The number of thiophene rings is 1. The highest BCUT2D eigenvalue weighted by molar-refractivity contribution is 7.12. The summed E-state index contributed by atoms with van der Waals surface area (Å²) in [5.41, 5.74) is 0. The maximum Gasteiger partial charge on any atom is 0.198 e. The van der Waals surface area contributed by atoms with Crippen molar-refractivity contribution in [1.82, 2.24) is 0 Å². The van der Waals surface area contributed by atoms with E-state index < -0.39 is 0 Å². The van der Waals surface area contributed by atoms with Crippen LogP contribution in [-0.4, -0.2) is 19.0 Å². The van der Waals surface area contributed by atoms with Gasteiger partial charge in [-0.1, -0.05) is 38.7 Å². The van der Waals surface area contributed by atoms with Gasteiger partial charge in [0.25, 0.3) is 0 Å². The van der Waals surface area contributed by atoms with Crippen LogP contribution in [0.25, 0.3) is 0 Å². The molecule has 0 aromatic carbocycles. The van der Waals surface area contributed by atoms with Crippen LogP contribution < -0.4 is 0 Å². The molecule has 1 aromatic rings. The van der Waals surface area contributed by atoms with E-state index in [-0.39, 0.29) is 12.4 Å². The first kappa shape index (κ1) is 13.4. The van der Waals surface area contributed by atoms with Crippen LogP contribution in [-0.2, 0) is 4.74 Å². The van der Waals surface area contributed by atoms with Crippen molar-refractivity contribution in [3.63, 3.8) is 0 Å². The summed E-state index contributed by atoms with van der Waals surface area (Å²) in [4.78, 5) is 12.3. The topological polar surface area (TPSA) is 26.3 Å². The van der Waals surface area contributed by atoms with Gasteiger partial charge < -0.3 is 4.74 Å². The normalized spacial score (nSPS) is 10.6. The number of ether oxygens (including phenoxy) is 1. The monoisotopic (exact) mass is 240 g/mol. The largest absolute Gasteiger partial charge is 0.373 e. The number of hydrogen-bond donors (Lipinski definition) is 0. The zero-order chi connectivity index (χ0) is 11.6. The van der Waals surface area contributed by atoms with E-state index in [9.17, 15) is 4.79 Å². The Hall–Kier alpha value is -0.670. The summed E-state index contributed by atoms with van der Waals surface area (Å²) >= 11 is 1.48. The minimum Gasteiger partial charge on any atom is -0.373 e. The van der Waals surface area contributed by atoms with E-state index in [1.807, 2.05) is 17.5 Å². The summed E-state index contributed by atoms with van der Waals surface area (Å²) in [5, 5.41) is 1.91. The maximum atomic E-state index is 11.5. The second kappa shape index (κ2) is 8.48. The quantitative estimate of drug-likeness (QED) is 0.483. The van der Waals surface area contributed by atoms with Crippen LogP contribution in [0.1, 0.15) is 48.7 Å². The van der Waals surface area contributed by atoms with E-state index in [1.54, 1.807) is 0 Å². The Morgan fingerprint density at radius 2 is 2.12 bits per heavy atom. The van der Waals surface area contributed by atoms with Crippen molar-refractivity contribution in [2.75, 3.05) is 13.2 Å². The Morgan fingerprint density at radius 3 is 2.81 bits per heavy atom. The zero-order valence-electron chi connectivity index (χ0n) is 9.91. The summed E-state index contributed by atoms with van der Waals surface area (Å²) in [6.07, 6.45) is 6.11. The Balaban J connectivity index is 1.97. The van der Waals surface area contributed by atoms with Crippen LogP contribution in [0.15, 0.2) is 17.5 Å². The fourth-order valence-corrected chi connectivity index (χ4v) is 2.13. The van der Waals surface area contributed by atoms with Gasteiger partial charge in [0, 0.05) is 6.61 Å². The van der Waals surface area contributed by atoms with E-state index in [0.29, 0.717) is 6.61 Å². The molecule has 0 unspecified atom stereocenters. The lowest BCUT2D eigenvalue weighted by molar-refractivity contribution is 0.0756. The number of hydrogen-bond acceptors (Lipinski definition) is 3. The van der Waals surface area contributed by atoms with Crippen LogP contribution in [0.3, 0.4) is 0 Å². The first-order valence-corrected chi connectivity index (χ1v) is 6.87. The van der Waals surface area contributed by atoms with Crippen LogP contribution in [0, 0.1) is 0 Å². The van der Waals surface area contributed by atoms with Crippen molar-refractivity contribution < 1.29 is 9.53 Å². The van der Waals surface area contributed by atoms with Gasteiger partial charge >= 0.3 is 0 Å². The lowest BCUT2D eigenvalue weighted by atomic mass is 10.2. The van der Waals surface area contributed by atoms with Crippen LogP contribution >= 0.6 is 11.3 Å². The molecule has 0 spiro atoms. The van der Waals surface area contributed by atoms with Crippen LogP contribution in [0.4, 0.5) is 0 Å². The Labute approximate surface area is 102 Å². The van der Waals surface area contributed by atoms with E-state index >= 15 is 0 Å². The third-order valence-electron chi connectivity index (χ3n) is 2.42. The Kier molecular flexibility index (Phi) is 7.10. The Morgan fingerprint density at radius 1 is 1.31 bits per heavy atom. The first-order valence-electron chi connectivity index (χ1n) is 5.99. The molecule has 1 rings (SSSR count). The van der Waals surface area contributed by atoms with E-state index in [1.165, 1.54) is 37.0 Å². The summed E-state index contributed by atoms with van der Waals surface area (Å²) in [5.74, 6) is 0.101. The van der Waals surface area contributed by atoms with Crippen molar-refractivity contribution >= 4 is 17.1 Å². The molecule has 3 heteroatoms. The molecule has 0 aliphatic rings. The lowest BCUT2D eigenvalue weighted by Crippen LogP contribution is -2.08. The van der Waals surface area contributed by atoms with Gasteiger partial charge in [0.05, 0.1) is 4.88 Å². The summed E-state index contributed by atoms with van der Waals surface area (Å²) in [6, 6.07) is 3.74. The molecule has 0 atom stereocenters. The summed E-state index contributed by atoms with van der Waals surface area (Å²) in [6.45, 7) is 3.14. The number of rotatable bonds is 9. The predicted molar refractivity (Wildman–Crippen MR) is 68.2 cm³/mol. The molecule has 0 aliphatic carbocycles. The molecule has 0 amide bonds. The molecule has 0 bridgehead atoms. The number of Topliss-reactive ketones (excluding diaryl/α,β-unsaturated/α-hetero) is 1. The van der Waals surface area contributed by atoms with Crippen molar-refractivity contribution in [2.45, 2.75) is 39.0 Å². The zero-order valence-corrected chi connectivity index (χ0v) is 10.7. The molecule has 0 aliphatic heterocycles. The highest BCUT2D eigenvalue weighted by Gasteiger charge is 2.05. The lowest BCUT2D eigenvalue weighted by Gasteiger charge is -2.02. The molecule has 0 N–H and O–H groups in total. The molecule has 0 saturated carbocycles. The van der Waals surface area contributed by atoms with Crippen molar-refractivity contribution in [2.24, 2.45) is 0 Å². The highest BCUT2D eigenvalue weighted by Crippen LogP contribution is 2.09. The van der Waals surface area contributed by atoms with Gasteiger partial charge in [0.1, 0.15) is 6.61 Å². The SMILES string of the molecule is CCCCCCCOCC(=O)c1cccs1. The third kappa shape index (κ3) is 5.42. The van der Waals surface area contributed by atoms with E-state index in [0.717, 1.165) is 11.3 Å². The molecule has 0 radical (unpaired) electrons. The minimum absolute atomic E-state index is 0.101. The molecular formula is C13H20O2S. The smallest absolute Gasteiger partial charge is 0.198 e. The van der Waals surface area contributed by atoms with Crippen molar-refractivity contribution in [3.8, 4) is 0 Å². The minimum atomic E-state index is 0.101. The molecular weight excluding hydrogens is 220 g/mol. The molecule has 16 heavy (non-hydrogen) atoms.